The van der Waals surface area contributed by atoms with Gasteiger partial charge in [-0.05, 0) is 24.5 Å². The Balaban J connectivity index is 2.26. The molecule has 92 valence electrons. The van der Waals surface area contributed by atoms with Crippen molar-refractivity contribution in [1.29, 1.82) is 0 Å². The number of benzene rings is 1. The Morgan fingerprint density at radius 3 is 2.88 bits per heavy atom. The molecule has 0 saturated heterocycles. The van der Waals surface area contributed by atoms with Crippen LogP contribution in [0.15, 0.2) is 36.5 Å². The maximum Gasteiger partial charge on any atom is 0.318 e. The molecule has 0 unspecified atom stereocenters. The van der Waals surface area contributed by atoms with Gasteiger partial charge >= 0.3 is 6.03 Å². The molecule has 4 heteroatoms. The second kappa shape index (κ2) is 7.44. The highest BCUT2D eigenvalue weighted by atomic mass is 19.1. The van der Waals surface area contributed by atoms with Crippen molar-refractivity contribution in [3.63, 3.8) is 0 Å². The van der Waals surface area contributed by atoms with E-state index in [1.807, 2.05) is 13.0 Å². The van der Waals surface area contributed by atoms with Crippen molar-refractivity contribution in [1.82, 2.24) is 10.6 Å². The lowest BCUT2D eigenvalue weighted by atomic mass is 10.1. The van der Waals surface area contributed by atoms with Crippen molar-refractivity contribution >= 4 is 6.03 Å². The van der Waals surface area contributed by atoms with Gasteiger partial charge in [-0.1, -0.05) is 31.2 Å². The van der Waals surface area contributed by atoms with Gasteiger partial charge in [-0.2, -0.15) is 0 Å². The summed E-state index contributed by atoms with van der Waals surface area (Å²) in [5.41, 5.74) is 0.608. The number of carbonyl (C=O) groups excluding carboxylic acids is 1. The second-order valence-corrected chi connectivity index (χ2v) is 3.55. The van der Waals surface area contributed by atoms with Crippen LogP contribution >= 0.6 is 0 Å². The third-order valence-electron chi connectivity index (χ3n) is 2.21. The van der Waals surface area contributed by atoms with Crippen LogP contribution in [0.25, 0.3) is 0 Å². The van der Waals surface area contributed by atoms with E-state index in [-0.39, 0.29) is 11.8 Å². The van der Waals surface area contributed by atoms with Crippen LogP contribution in [0.5, 0.6) is 0 Å². The summed E-state index contributed by atoms with van der Waals surface area (Å²) in [7, 11) is 0. The Morgan fingerprint density at radius 1 is 1.41 bits per heavy atom. The molecule has 1 aromatic carbocycles. The Kier molecular flexibility index (Phi) is 5.79. The summed E-state index contributed by atoms with van der Waals surface area (Å²) in [6, 6.07) is 6.29. The van der Waals surface area contributed by atoms with Crippen molar-refractivity contribution in [3.8, 4) is 0 Å². The van der Waals surface area contributed by atoms with Gasteiger partial charge < -0.3 is 10.6 Å². The van der Waals surface area contributed by atoms with Gasteiger partial charge in [-0.3, -0.25) is 0 Å². The predicted molar refractivity (Wildman–Crippen MR) is 66.1 cm³/mol. The maximum atomic E-state index is 13.2. The highest BCUT2D eigenvalue weighted by Crippen LogP contribution is 2.05. The van der Waals surface area contributed by atoms with E-state index in [9.17, 15) is 9.18 Å². The first kappa shape index (κ1) is 13.2. The second-order valence-electron chi connectivity index (χ2n) is 3.55. The first-order valence-corrected chi connectivity index (χ1v) is 5.66. The Morgan fingerprint density at radius 2 is 2.18 bits per heavy atom. The molecule has 0 aliphatic heterocycles. The molecule has 0 saturated carbocycles. The number of hydrogen-bond acceptors (Lipinski definition) is 1. The summed E-state index contributed by atoms with van der Waals surface area (Å²) in [6.45, 7) is 2.39. The molecule has 0 bridgehead atoms. The van der Waals surface area contributed by atoms with Gasteiger partial charge in [0, 0.05) is 12.7 Å². The fraction of sp³-hybridized carbons (Fsp3) is 0.308. The quantitative estimate of drug-likeness (QED) is 0.810. The van der Waals surface area contributed by atoms with Crippen LogP contribution in [0.3, 0.4) is 0 Å². The van der Waals surface area contributed by atoms with Crippen molar-refractivity contribution in [2.24, 2.45) is 0 Å². The van der Waals surface area contributed by atoms with Gasteiger partial charge in [-0.15, -0.1) is 0 Å². The molecule has 0 heterocycles. The number of amides is 2. The van der Waals surface area contributed by atoms with Crippen LogP contribution in [0.1, 0.15) is 18.9 Å². The highest BCUT2D eigenvalue weighted by Gasteiger charge is 2.01. The van der Waals surface area contributed by atoms with Crippen molar-refractivity contribution in [3.05, 3.63) is 47.9 Å². The maximum absolute atomic E-state index is 13.2. The molecule has 0 atom stereocenters. The first-order valence-electron chi connectivity index (χ1n) is 5.66. The van der Waals surface area contributed by atoms with Crippen LogP contribution < -0.4 is 10.6 Å². The molecule has 0 aromatic heterocycles. The number of nitrogens with one attached hydrogen (secondary N) is 2. The largest absolute Gasteiger partial charge is 0.338 e. The van der Waals surface area contributed by atoms with Crippen molar-refractivity contribution < 1.29 is 9.18 Å². The van der Waals surface area contributed by atoms with E-state index in [0.29, 0.717) is 18.5 Å². The summed E-state index contributed by atoms with van der Waals surface area (Å²) in [6.07, 6.45) is 4.79. The standard InChI is InChI=1S/C13H17FN2O/c1-2-3-9-15-13(17)16-10-8-11-6-4-5-7-12(11)14/h3-7,9H,2,8,10H2,1H3,(H2,15,16,17)/b9-3+. The molecule has 0 fully saturated rings. The molecule has 17 heavy (non-hydrogen) atoms. The molecule has 0 aliphatic rings. The summed E-state index contributed by atoms with van der Waals surface area (Å²) < 4.78 is 13.2. The smallest absolute Gasteiger partial charge is 0.318 e. The Hall–Kier alpha value is -1.84. The van der Waals surface area contributed by atoms with Crippen molar-refractivity contribution in [2.45, 2.75) is 19.8 Å². The van der Waals surface area contributed by atoms with E-state index in [2.05, 4.69) is 10.6 Å². The molecule has 2 N–H and O–H groups in total. The summed E-state index contributed by atoms with van der Waals surface area (Å²) in [4.78, 5) is 11.2. The van der Waals surface area contributed by atoms with Gasteiger partial charge in [-0.25, -0.2) is 9.18 Å². The topological polar surface area (TPSA) is 41.1 Å². The van der Waals surface area contributed by atoms with E-state index in [0.717, 1.165) is 6.42 Å². The van der Waals surface area contributed by atoms with Gasteiger partial charge in [0.2, 0.25) is 0 Å². The van der Waals surface area contributed by atoms with Gasteiger partial charge in [0.1, 0.15) is 5.82 Å². The number of rotatable bonds is 5. The van der Waals surface area contributed by atoms with Crippen LogP contribution in [-0.2, 0) is 6.42 Å². The molecule has 0 aliphatic carbocycles. The van der Waals surface area contributed by atoms with E-state index in [4.69, 9.17) is 0 Å². The number of urea groups is 1. The number of halogens is 1. The molecule has 0 radical (unpaired) electrons. The van der Waals surface area contributed by atoms with Gasteiger partial charge in [0.15, 0.2) is 0 Å². The minimum atomic E-state index is -0.272. The fourth-order valence-electron chi connectivity index (χ4n) is 1.32. The zero-order valence-corrected chi connectivity index (χ0v) is 9.87. The lowest BCUT2D eigenvalue weighted by Crippen LogP contribution is -2.33. The van der Waals surface area contributed by atoms with E-state index < -0.39 is 0 Å². The van der Waals surface area contributed by atoms with Gasteiger partial charge in [0.25, 0.3) is 0 Å². The van der Waals surface area contributed by atoms with Crippen molar-refractivity contribution in [2.75, 3.05) is 6.54 Å². The number of carbonyl (C=O) groups is 1. The average Bonchev–Trinajstić information content (AvgIpc) is 2.32. The Bertz CT molecular complexity index is 391. The predicted octanol–water partition coefficient (Wildman–Crippen LogP) is 2.59. The van der Waals surface area contributed by atoms with Crippen LogP contribution in [0.2, 0.25) is 0 Å². The van der Waals surface area contributed by atoms with Crippen LogP contribution in [0, 0.1) is 5.82 Å². The summed E-state index contributed by atoms with van der Waals surface area (Å²) >= 11 is 0. The van der Waals surface area contributed by atoms with Gasteiger partial charge in [0.05, 0.1) is 0 Å². The van der Waals surface area contributed by atoms with Crippen LogP contribution in [-0.4, -0.2) is 12.6 Å². The third-order valence-corrected chi connectivity index (χ3v) is 2.21. The van der Waals surface area contributed by atoms with E-state index >= 15 is 0 Å². The highest BCUT2D eigenvalue weighted by molar-refractivity contribution is 5.74. The number of hydrogen-bond donors (Lipinski definition) is 2. The lowest BCUT2D eigenvalue weighted by molar-refractivity contribution is 0.244. The Labute approximate surface area is 101 Å². The molecule has 0 spiro atoms. The molecule has 3 nitrogen and oxygen atoms in total. The summed E-state index contributed by atoms with van der Waals surface area (Å²) in [5.74, 6) is -0.236. The third kappa shape index (κ3) is 5.15. The summed E-state index contributed by atoms with van der Waals surface area (Å²) in [5, 5.41) is 5.21. The minimum Gasteiger partial charge on any atom is -0.338 e. The van der Waals surface area contributed by atoms with Crippen LogP contribution in [0.4, 0.5) is 9.18 Å². The lowest BCUT2D eigenvalue weighted by Gasteiger charge is -2.05. The molecule has 1 rings (SSSR count). The van der Waals surface area contributed by atoms with E-state index in [1.165, 1.54) is 6.07 Å². The monoisotopic (exact) mass is 236 g/mol. The molecule has 1 aromatic rings. The SMILES string of the molecule is CC/C=C/NC(=O)NCCc1ccccc1F. The zero-order valence-electron chi connectivity index (χ0n) is 9.87. The first-order chi connectivity index (χ1) is 8.24. The minimum absolute atomic E-state index is 0.236. The average molecular weight is 236 g/mol. The molecule has 2 amide bonds. The number of allylic oxidation sites excluding steroid dienone is 1. The molecular weight excluding hydrogens is 219 g/mol. The normalized spacial score (nSPS) is 10.5. The molecular formula is C13H17FN2O. The van der Waals surface area contributed by atoms with E-state index in [1.54, 1.807) is 24.4 Å². The zero-order chi connectivity index (χ0) is 12.5. The fourth-order valence-corrected chi connectivity index (χ4v) is 1.32.